The van der Waals surface area contributed by atoms with Crippen LogP contribution in [0.5, 0.6) is 0 Å². The Labute approximate surface area is 222 Å². The first kappa shape index (κ1) is 25.3. The third kappa shape index (κ3) is 6.50. The van der Waals surface area contributed by atoms with E-state index in [4.69, 9.17) is 4.98 Å². The molecular weight excluding hydrogens is 476 g/mol. The molecule has 38 heavy (non-hydrogen) atoms. The number of nitrogens with one attached hydrogen (secondary N) is 4. The summed E-state index contributed by atoms with van der Waals surface area (Å²) in [6.45, 7) is 2.69. The van der Waals surface area contributed by atoms with Crippen molar-refractivity contribution in [3.63, 3.8) is 0 Å². The average Bonchev–Trinajstić information content (AvgIpc) is 3.42. The van der Waals surface area contributed by atoms with Gasteiger partial charge in [-0.25, -0.2) is 15.0 Å². The molecule has 0 radical (unpaired) electrons. The molecular formula is C29H32N8O. The number of aromatic nitrogens is 3. The van der Waals surface area contributed by atoms with Crippen LogP contribution < -0.4 is 21.3 Å². The fraction of sp³-hybridized carbons (Fsp3) is 0.241. The summed E-state index contributed by atoms with van der Waals surface area (Å²) in [5, 5.41) is 13.9. The van der Waals surface area contributed by atoms with E-state index in [0.29, 0.717) is 18.5 Å². The first-order valence-corrected chi connectivity index (χ1v) is 12.7. The highest BCUT2D eigenvalue weighted by molar-refractivity contribution is 6.00. The molecule has 1 aliphatic rings. The van der Waals surface area contributed by atoms with Gasteiger partial charge in [0.15, 0.2) is 0 Å². The van der Waals surface area contributed by atoms with Crippen LogP contribution >= 0.6 is 0 Å². The number of hydrogen-bond donors (Lipinski definition) is 4. The largest absolute Gasteiger partial charge is 0.366 e. The van der Waals surface area contributed by atoms with E-state index < -0.39 is 0 Å². The number of para-hydroxylation sites is 1. The van der Waals surface area contributed by atoms with Crippen molar-refractivity contribution in [2.75, 3.05) is 49.7 Å². The highest BCUT2D eigenvalue weighted by atomic mass is 16.1. The normalized spacial score (nSPS) is 15.3. The molecule has 0 spiro atoms. The van der Waals surface area contributed by atoms with Crippen LogP contribution in [0.25, 0.3) is 22.0 Å². The van der Waals surface area contributed by atoms with Gasteiger partial charge < -0.3 is 26.2 Å². The fourth-order valence-corrected chi connectivity index (χ4v) is 4.34. The Bertz CT molecular complexity index is 1430. The zero-order chi connectivity index (χ0) is 26.3. The SMILES string of the molecule is CN(C)C/C=C/C(=O)Nc1cccc(-c2cccc3cnc(Nc4ccc(NC5CCNC5)nc4)nc23)c1. The molecule has 1 unspecified atom stereocenters. The van der Waals surface area contributed by atoms with Crippen molar-refractivity contribution in [1.82, 2.24) is 25.2 Å². The summed E-state index contributed by atoms with van der Waals surface area (Å²) in [6.07, 6.45) is 8.08. The molecule has 0 aliphatic carbocycles. The van der Waals surface area contributed by atoms with E-state index in [1.54, 1.807) is 12.3 Å². The van der Waals surface area contributed by atoms with Crippen LogP contribution in [0.2, 0.25) is 0 Å². The van der Waals surface area contributed by atoms with E-state index in [-0.39, 0.29) is 5.91 Å². The van der Waals surface area contributed by atoms with Gasteiger partial charge in [0, 0.05) is 48.0 Å². The van der Waals surface area contributed by atoms with Crippen molar-refractivity contribution < 1.29 is 4.79 Å². The number of benzene rings is 2. The second-order valence-electron chi connectivity index (χ2n) is 9.56. The summed E-state index contributed by atoms with van der Waals surface area (Å²) in [7, 11) is 3.92. The lowest BCUT2D eigenvalue weighted by molar-refractivity contribution is -0.111. The monoisotopic (exact) mass is 508 g/mol. The molecule has 0 bridgehead atoms. The average molecular weight is 509 g/mol. The van der Waals surface area contributed by atoms with Crippen molar-refractivity contribution >= 4 is 40.0 Å². The second kappa shape index (κ2) is 11.8. The molecule has 1 atom stereocenters. The van der Waals surface area contributed by atoms with Crippen LogP contribution in [0.4, 0.5) is 23.1 Å². The predicted molar refractivity (Wildman–Crippen MR) is 154 cm³/mol. The number of nitrogens with zero attached hydrogens (tertiary/aromatic N) is 4. The standard InChI is InChI=1S/C29H32N8O/c1-37(2)15-5-10-27(38)34-22-8-3-6-20(16-22)25-9-4-7-21-17-32-29(36-28(21)25)35-23-11-12-26(31-19-23)33-24-13-14-30-18-24/h3-12,16-17,19,24,30H,13-15,18H2,1-2H3,(H,31,33)(H,34,38)(H,32,35,36)/b10-5+. The van der Waals surface area contributed by atoms with Crippen LogP contribution in [0, 0.1) is 0 Å². The third-order valence-electron chi connectivity index (χ3n) is 6.22. The number of rotatable bonds is 9. The van der Waals surface area contributed by atoms with Crippen LogP contribution in [-0.4, -0.2) is 65.5 Å². The predicted octanol–water partition coefficient (Wildman–Crippen LogP) is 4.27. The minimum absolute atomic E-state index is 0.162. The molecule has 2 aromatic heterocycles. The molecule has 4 aromatic rings. The van der Waals surface area contributed by atoms with Gasteiger partial charge in [-0.05, 0) is 56.9 Å². The number of fused-ring (bicyclic) bond motifs is 1. The van der Waals surface area contributed by atoms with Gasteiger partial charge in [-0.1, -0.05) is 36.4 Å². The zero-order valence-corrected chi connectivity index (χ0v) is 21.6. The molecule has 1 fully saturated rings. The molecule has 3 heterocycles. The van der Waals surface area contributed by atoms with E-state index in [1.807, 2.05) is 85.9 Å². The quantitative estimate of drug-likeness (QED) is 0.249. The molecule has 5 rings (SSSR count). The van der Waals surface area contributed by atoms with Gasteiger partial charge in [-0.2, -0.15) is 0 Å². The lowest BCUT2D eigenvalue weighted by Gasteiger charge is -2.13. The molecule has 0 saturated carbocycles. The molecule has 4 N–H and O–H groups in total. The topological polar surface area (TPSA) is 107 Å². The minimum Gasteiger partial charge on any atom is -0.366 e. The Morgan fingerprint density at radius 3 is 2.76 bits per heavy atom. The maximum absolute atomic E-state index is 12.3. The van der Waals surface area contributed by atoms with Crippen molar-refractivity contribution in [2.45, 2.75) is 12.5 Å². The smallest absolute Gasteiger partial charge is 0.248 e. The molecule has 194 valence electrons. The van der Waals surface area contributed by atoms with Gasteiger partial charge in [0.2, 0.25) is 11.9 Å². The van der Waals surface area contributed by atoms with E-state index in [1.165, 1.54) is 0 Å². The lowest BCUT2D eigenvalue weighted by Crippen LogP contribution is -2.22. The Morgan fingerprint density at radius 2 is 1.97 bits per heavy atom. The van der Waals surface area contributed by atoms with E-state index >= 15 is 0 Å². The second-order valence-corrected chi connectivity index (χ2v) is 9.56. The van der Waals surface area contributed by atoms with Crippen molar-refractivity contribution in [2.24, 2.45) is 0 Å². The molecule has 1 amide bonds. The van der Waals surface area contributed by atoms with Crippen LogP contribution in [0.15, 0.2) is 79.1 Å². The van der Waals surface area contributed by atoms with Crippen LogP contribution in [0.3, 0.4) is 0 Å². The lowest BCUT2D eigenvalue weighted by atomic mass is 10.0. The van der Waals surface area contributed by atoms with Crippen LogP contribution in [-0.2, 0) is 4.79 Å². The summed E-state index contributed by atoms with van der Waals surface area (Å²) >= 11 is 0. The molecule has 9 heteroatoms. The Balaban J connectivity index is 1.33. The number of carbonyl (C=O) groups excluding carboxylic acids is 1. The number of amides is 1. The fourth-order valence-electron chi connectivity index (χ4n) is 4.34. The molecule has 2 aromatic carbocycles. The van der Waals surface area contributed by atoms with Gasteiger partial charge in [-0.3, -0.25) is 4.79 Å². The van der Waals surface area contributed by atoms with Gasteiger partial charge in [0.1, 0.15) is 5.82 Å². The summed E-state index contributed by atoms with van der Waals surface area (Å²) in [4.78, 5) is 28.2. The number of hydrogen-bond acceptors (Lipinski definition) is 8. The number of anilines is 4. The first-order chi connectivity index (χ1) is 18.5. The summed E-state index contributed by atoms with van der Waals surface area (Å²) < 4.78 is 0. The number of carbonyl (C=O) groups is 1. The van der Waals surface area contributed by atoms with E-state index in [2.05, 4.69) is 31.2 Å². The summed E-state index contributed by atoms with van der Waals surface area (Å²) in [5.41, 5.74) is 4.26. The first-order valence-electron chi connectivity index (χ1n) is 12.7. The van der Waals surface area contributed by atoms with E-state index in [9.17, 15) is 4.79 Å². The maximum atomic E-state index is 12.3. The maximum Gasteiger partial charge on any atom is 0.248 e. The van der Waals surface area contributed by atoms with Gasteiger partial charge in [-0.15, -0.1) is 0 Å². The van der Waals surface area contributed by atoms with Gasteiger partial charge in [0.05, 0.1) is 17.4 Å². The van der Waals surface area contributed by atoms with Crippen LogP contribution in [0.1, 0.15) is 6.42 Å². The van der Waals surface area contributed by atoms with Crippen molar-refractivity contribution in [3.05, 3.63) is 79.1 Å². The Morgan fingerprint density at radius 1 is 1.08 bits per heavy atom. The minimum atomic E-state index is -0.162. The Hall–Kier alpha value is -4.34. The Kier molecular flexibility index (Phi) is 7.86. The van der Waals surface area contributed by atoms with Crippen molar-refractivity contribution in [3.8, 4) is 11.1 Å². The molecule has 1 saturated heterocycles. The molecule has 1 aliphatic heterocycles. The third-order valence-corrected chi connectivity index (χ3v) is 6.22. The van der Waals surface area contributed by atoms with Gasteiger partial charge >= 0.3 is 0 Å². The molecule has 9 nitrogen and oxygen atoms in total. The van der Waals surface area contributed by atoms with E-state index in [0.717, 1.165) is 58.7 Å². The van der Waals surface area contributed by atoms with Gasteiger partial charge in [0.25, 0.3) is 0 Å². The summed E-state index contributed by atoms with van der Waals surface area (Å²) in [5.74, 6) is 1.18. The highest BCUT2D eigenvalue weighted by Gasteiger charge is 2.14. The summed E-state index contributed by atoms with van der Waals surface area (Å²) in [6, 6.07) is 18.1. The van der Waals surface area contributed by atoms with Crippen molar-refractivity contribution in [1.29, 1.82) is 0 Å². The number of pyridine rings is 1. The zero-order valence-electron chi connectivity index (χ0n) is 21.6. The number of likely N-dealkylation sites (N-methyl/N-ethyl adjacent to an activating group) is 1. The highest BCUT2D eigenvalue weighted by Crippen LogP contribution is 2.30.